The lowest BCUT2D eigenvalue weighted by molar-refractivity contribution is -0.141. The first kappa shape index (κ1) is 15.8. The zero-order valence-corrected chi connectivity index (χ0v) is 10.7. The second-order valence-electron chi connectivity index (χ2n) is 3.92. The highest BCUT2D eigenvalue weighted by Crippen LogP contribution is 2.30. The molecule has 1 aromatic rings. The van der Waals surface area contributed by atoms with Gasteiger partial charge in [-0.3, -0.25) is 4.79 Å². The van der Waals surface area contributed by atoms with Gasteiger partial charge in [0.15, 0.2) is 0 Å². The third kappa shape index (κ3) is 3.60. The Labute approximate surface area is 113 Å². The van der Waals surface area contributed by atoms with Gasteiger partial charge in [0, 0.05) is 13.1 Å². The number of rotatable bonds is 5. The van der Waals surface area contributed by atoms with Crippen LogP contribution in [0.15, 0.2) is 12.1 Å². The van der Waals surface area contributed by atoms with Gasteiger partial charge in [-0.1, -0.05) is 0 Å². The summed E-state index contributed by atoms with van der Waals surface area (Å²) in [6, 6.07) is 3.60. The zero-order chi connectivity index (χ0) is 15.3. The summed E-state index contributed by atoms with van der Waals surface area (Å²) >= 11 is 0. The van der Waals surface area contributed by atoms with E-state index >= 15 is 0 Å². The summed E-state index contributed by atoms with van der Waals surface area (Å²) in [5.74, 6) is -1.01. The molecule has 1 aromatic heterocycles. The first-order valence-electron chi connectivity index (χ1n) is 5.81. The van der Waals surface area contributed by atoms with Crippen LogP contribution < -0.4 is 10.6 Å². The number of nitrogens with zero attached hydrogens (tertiary/aromatic N) is 3. The molecule has 108 valence electrons. The van der Waals surface area contributed by atoms with E-state index < -0.39 is 17.8 Å². The number of aromatic nitrogens is 1. The molecule has 0 atom stereocenters. The van der Waals surface area contributed by atoms with Crippen LogP contribution >= 0.6 is 0 Å². The minimum absolute atomic E-state index is 0.0993. The first-order chi connectivity index (χ1) is 9.31. The van der Waals surface area contributed by atoms with Crippen LogP contribution in [0.1, 0.15) is 29.4 Å². The average Bonchev–Trinajstić information content (AvgIpc) is 2.38. The van der Waals surface area contributed by atoms with Crippen LogP contribution in [0, 0.1) is 11.3 Å². The van der Waals surface area contributed by atoms with Crippen LogP contribution in [0.4, 0.5) is 19.0 Å². The fraction of sp³-hybridized carbons (Fsp3) is 0.417. The van der Waals surface area contributed by atoms with Gasteiger partial charge in [0.05, 0.1) is 18.1 Å². The second-order valence-corrected chi connectivity index (χ2v) is 3.92. The van der Waals surface area contributed by atoms with E-state index in [1.807, 2.05) is 6.07 Å². The Morgan fingerprint density at radius 3 is 2.60 bits per heavy atom. The number of amides is 1. The van der Waals surface area contributed by atoms with Gasteiger partial charge < -0.3 is 10.6 Å². The van der Waals surface area contributed by atoms with E-state index in [0.717, 1.165) is 6.07 Å². The van der Waals surface area contributed by atoms with Gasteiger partial charge in [-0.05, 0) is 19.1 Å². The molecule has 0 aliphatic heterocycles. The molecule has 0 aliphatic carbocycles. The SMILES string of the molecule is CCN(CCC#N)c1nc(C(F)(F)F)ccc1C(N)=O. The number of pyridine rings is 1. The Hall–Kier alpha value is -2.30. The third-order valence-electron chi connectivity index (χ3n) is 2.61. The maximum atomic E-state index is 12.7. The number of hydrogen-bond acceptors (Lipinski definition) is 4. The largest absolute Gasteiger partial charge is 0.433 e. The van der Waals surface area contributed by atoms with E-state index in [2.05, 4.69) is 4.98 Å². The van der Waals surface area contributed by atoms with Crippen molar-refractivity contribution in [1.82, 2.24) is 4.98 Å². The lowest BCUT2D eigenvalue weighted by atomic mass is 10.2. The Kier molecular flexibility index (Phi) is 4.91. The molecule has 0 bridgehead atoms. The number of primary amides is 1. The van der Waals surface area contributed by atoms with Gasteiger partial charge in [0.2, 0.25) is 0 Å². The quantitative estimate of drug-likeness (QED) is 0.896. The Morgan fingerprint density at radius 2 is 2.15 bits per heavy atom. The van der Waals surface area contributed by atoms with Crippen molar-refractivity contribution in [1.29, 1.82) is 5.26 Å². The molecule has 1 rings (SSSR count). The second kappa shape index (κ2) is 6.23. The Morgan fingerprint density at radius 1 is 1.50 bits per heavy atom. The monoisotopic (exact) mass is 286 g/mol. The van der Waals surface area contributed by atoms with Crippen LogP contribution in [0.2, 0.25) is 0 Å². The minimum Gasteiger partial charge on any atom is -0.365 e. The molecule has 1 heterocycles. The van der Waals surface area contributed by atoms with E-state index in [9.17, 15) is 18.0 Å². The van der Waals surface area contributed by atoms with Crippen LogP contribution in [0.25, 0.3) is 0 Å². The van der Waals surface area contributed by atoms with Gasteiger partial charge >= 0.3 is 6.18 Å². The minimum atomic E-state index is -4.61. The first-order valence-corrected chi connectivity index (χ1v) is 5.81. The summed E-state index contributed by atoms with van der Waals surface area (Å²) in [5, 5.41) is 8.55. The molecule has 0 radical (unpaired) electrons. The normalized spacial score (nSPS) is 10.9. The van der Waals surface area contributed by atoms with Crippen molar-refractivity contribution in [3.63, 3.8) is 0 Å². The Balaban J connectivity index is 3.31. The molecule has 0 saturated heterocycles. The van der Waals surface area contributed by atoms with Gasteiger partial charge in [-0.2, -0.15) is 18.4 Å². The van der Waals surface area contributed by atoms with Crippen molar-refractivity contribution in [3.05, 3.63) is 23.4 Å². The molecule has 0 aromatic carbocycles. The maximum absolute atomic E-state index is 12.7. The number of carbonyl (C=O) groups is 1. The van der Waals surface area contributed by atoms with Crippen LogP contribution in [0.5, 0.6) is 0 Å². The third-order valence-corrected chi connectivity index (χ3v) is 2.61. The zero-order valence-electron chi connectivity index (χ0n) is 10.7. The molecule has 8 heteroatoms. The van der Waals surface area contributed by atoms with Crippen molar-refractivity contribution >= 4 is 11.7 Å². The number of hydrogen-bond donors (Lipinski definition) is 1. The van der Waals surface area contributed by atoms with E-state index in [4.69, 9.17) is 11.0 Å². The van der Waals surface area contributed by atoms with Crippen molar-refractivity contribution in [2.24, 2.45) is 5.73 Å². The van der Waals surface area contributed by atoms with Crippen LogP contribution in [-0.4, -0.2) is 24.0 Å². The molecular weight excluding hydrogens is 273 g/mol. The number of nitrogens with two attached hydrogens (primary N) is 1. The Bertz CT molecular complexity index is 536. The predicted octanol–water partition coefficient (Wildman–Crippen LogP) is 1.94. The molecule has 0 fully saturated rings. The molecule has 0 spiro atoms. The topological polar surface area (TPSA) is 83.0 Å². The van der Waals surface area contributed by atoms with E-state index in [0.29, 0.717) is 12.6 Å². The van der Waals surface area contributed by atoms with Gasteiger partial charge in [0.1, 0.15) is 11.5 Å². The molecule has 0 saturated carbocycles. The molecule has 5 nitrogen and oxygen atoms in total. The number of nitriles is 1. The van der Waals surface area contributed by atoms with E-state index in [-0.39, 0.29) is 24.3 Å². The van der Waals surface area contributed by atoms with E-state index in [1.165, 1.54) is 4.90 Å². The maximum Gasteiger partial charge on any atom is 0.433 e. The predicted molar refractivity (Wildman–Crippen MR) is 65.9 cm³/mol. The van der Waals surface area contributed by atoms with Crippen molar-refractivity contribution in [2.75, 3.05) is 18.0 Å². The lowest BCUT2D eigenvalue weighted by Gasteiger charge is -2.23. The summed E-state index contributed by atoms with van der Waals surface area (Å²) in [6.45, 7) is 2.15. The van der Waals surface area contributed by atoms with Gasteiger partial charge in [0.25, 0.3) is 5.91 Å². The fourth-order valence-corrected chi connectivity index (χ4v) is 1.64. The fourth-order valence-electron chi connectivity index (χ4n) is 1.64. The molecule has 1 amide bonds. The number of alkyl halides is 3. The van der Waals surface area contributed by atoms with Crippen LogP contribution in [0.3, 0.4) is 0 Å². The van der Waals surface area contributed by atoms with Crippen molar-refractivity contribution in [2.45, 2.75) is 19.5 Å². The number of carbonyl (C=O) groups excluding carboxylic acids is 1. The summed E-state index contributed by atoms with van der Waals surface area (Å²) in [4.78, 5) is 16.2. The van der Waals surface area contributed by atoms with Crippen molar-refractivity contribution in [3.8, 4) is 6.07 Å². The number of anilines is 1. The van der Waals surface area contributed by atoms with Crippen molar-refractivity contribution < 1.29 is 18.0 Å². The van der Waals surface area contributed by atoms with Crippen LogP contribution in [-0.2, 0) is 6.18 Å². The summed E-state index contributed by atoms with van der Waals surface area (Å²) in [6.07, 6.45) is -4.51. The highest BCUT2D eigenvalue weighted by atomic mass is 19.4. The summed E-state index contributed by atoms with van der Waals surface area (Å²) < 4.78 is 38.0. The number of halogens is 3. The highest BCUT2D eigenvalue weighted by Gasteiger charge is 2.34. The lowest BCUT2D eigenvalue weighted by Crippen LogP contribution is -2.29. The van der Waals surface area contributed by atoms with Gasteiger partial charge in [-0.25, -0.2) is 4.98 Å². The molecule has 20 heavy (non-hydrogen) atoms. The summed E-state index contributed by atoms with van der Waals surface area (Å²) in [7, 11) is 0. The summed E-state index contributed by atoms with van der Waals surface area (Å²) in [5.41, 5.74) is 3.94. The molecular formula is C12H13F3N4O. The van der Waals surface area contributed by atoms with E-state index in [1.54, 1.807) is 6.92 Å². The smallest absolute Gasteiger partial charge is 0.365 e. The molecule has 2 N–H and O–H groups in total. The molecule has 0 aliphatic rings. The molecule has 0 unspecified atom stereocenters. The average molecular weight is 286 g/mol. The standard InChI is InChI=1S/C12H13F3N4O/c1-2-19(7-3-6-16)11-8(10(17)20)4-5-9(18-11)12(13,14)15/h4-5H,2-3,7H2,1H3,(H2,17,20). The highest BCUT2D eigenvalue weighted by molar-refractivity contribution is 5.97. The van der Waals surface area contributed by atoms with Gasteiger partial charge in [-0.15, -0.1) is 0 Å².